The third-order valence-corrected chi connectivity index (χ3v) is 7.12. The zero-order valence-corrected chi connectivity index (χ0v) is 22.5. The maximum Gasteiger partial charge on any atom is 0.410 e. The van der Waals surface area contributed by atoms with E-state index in [0.29, 0.717) is 31.8 Å². The number of carbonyl (C=O) groups excluding carboxylic acids is 4. The number of rotatable bonds is 7. The van der Waals surface area contributed by atoms with Gasteiger partial charge in [0.2, 0.25) is 0 Å². The molecule has 3 rings (SSSR count). The van der Waals surface area contributed by atoms with E-state index in [-0.39, 0.29) is 38.0 Å². The van der Waals surface area contributed by atoms with Crippen LogP contribution in [0.25, 0.3) is 0 Å². The first-order valence-electron chi connectivity index (χ1n) is 13.1. The number of piperidine rings is 2. The fourth-order valence-corrected chi connectivity index (χ4v) is 5.05. The number of likely N-dealkylation sites (tertiary alicyclic amines) is 2. The second-order valence-corrected chi connectivity index (χ2v) is 11.0. The van der Waals surface area contributed by atoms with Gasteiger partial charge >= 0.3 is 18.2 Å². The van der Waals surface area contributed by atoms with Crippen molar-refractivity contribution < 1.29 is 33.4 Å². The van der Waals surface area contributed by atoms with E-state index in [9.17, 15) is 19.2 Å². The van der Waals surface area contributed by atoms with Crippen LogP contribution in [0.5, 0.6) is 0 Å². The summed E-state index contributed by atoms with van der Waals surface area (Å²) in [5, 5.41) is 0. The quantitative estimate of drug-likeness (QED) is 0.297. The first kappa shape index (κ1) is 28.5. The van der Waals surface area contributed by atoms with Crippen molar-refractivity contribution in [3.05, 3.63) is 35.9 Å². The van der Waals surface area contributed by atoms with E-state index in [2.05, 4.69) is 0 Å². The number of benzene rings is 1. The monoisotopic (exact) mass is 516 g/mol. The number of carbonyl (C=O) groups is 4. The van der Waals surface area contributed by atoms with E-state index >= 15 is 0 Å². The first-order chi connectivity index (χ1) is 17.5. The van der Waals surface area contributed by atoms with Crippen LogP contribution in [-0.4, -0.2) is 72.6 Å². The molecule has 0 aliphatic carbocycles. The second kappa shape index (κ2) is 12.4. The van der Waals surface area contributed by atoms with Crippen molar-refractivity contribution in [2.45, 2.75) is 71.5 Å². The molecular formula is C28H40N2O7. The van der Waals surface area contributed by atoms with Crippen molar-refractivity contribution in [2.24, 2.45) is 11.3 Å². The average Bonchev–Trinajstić information content (AvgIpc) is 2.88. The Labute approximate surface area is 219 Å². The topological polar surface area (TPSA) is 102 Å². The number of amides is 2. The molecule has 2 aliphatic heterocycles. The molecule has 1 unspecified atom stereocenters. The predicted molar refractivity (Wildman–Crippen MR) is 137 cm³/mol. The van der Waals surface area contributed by atoms with Crippen LogP contribution >= 0.6 is 0 Å². The molecule has 204 valence electrons. The van der Waals surface area contributed by atoms with Crippen LogP contribution in [0.1, 0.15) is 64.9 Å². The molecule has 2 amide bonds. The number of nitrogens with zero attached hydrogens (tertiary/aromatic N) is 2. The van der Waals surface area contributed by atoms with E-state index in [1.54, 1.807) is 25.7 Å². The van der Waals surface area contributed by atoms with Crippen LogP contribution < -0.4 is 0 Å². The molecule has 37 heavy (non-hydrogen) atoms. The fraction of sp³-hybridized carbons (Fsp3) is 0.643. The number of hydrogen-bond donors (Lipinski definition) is 0. The van der Waals surface area contributed by atoms with E-state index < -0.39 is 23.1 Å². The second-order valence-electron chi connectivity index (χ2n) is 11.0. The lowest BCUT2D eigenvalue weighted by molar-refractivity contribution is -0.162. The van der Waals surface area contributed by atoms with Crippen molar-refractivity contribution in [1.82, 2.24) is 9.80 Å². The first-order valence-corrected chi connectivity index (χ1v) is 13.1. The third-order valence-electron chi connectivity index (χ3n) is 7.12. The van der Waals surface area contributed by atoms with Gasteiger partial charge in [0.15, 0.2) is 5.78 Å². The maximum absolute atomic E-state index is 13.0. The van der Waals surface area contributed by atoms with Crippen molar-refractivity contribution in [1.29, 1.82) is 0 Å². The standard InChI is InChI=1S/C28H40N2O7/c1-27(2,3)37-26(34)30-18-14-23(31)28(20-30,24(32)35-4)15-8-11-21-12-16-29(17-13-21)25(33)36-19-22-9-6-5-7-10-22/h5-7,9-10,21H,8,11-20H2,1-4H3. The summed E-state index contributed by atoms with van der Waals surface area (Å²) >= 11 is 0. The lowest BCUT2D eigenvalue weighted by Crippen LogP contribution is -2.56. The summed E-state index contributed by atoms with van der Waals surface area (Å²) in [7, 11) is 1.27. The van der Waals surface area contributed by atoms with E-state index in [4.69, 9.17) is 14.2 Å². The normalized spacial score (nSPS) is 20.9. The molecule has 0 spiro atoms. The molecule has 0 bridgehead atoms. The van der Waals surface area contributed by atoms with Gasteiger partial charge in [-0.2, -0.15) is 0 Å². The summed E-state index contributed by atoms with van der Waals surface area (Å²) in [5.74, 6) is -0.398. The summed E-state index contributed by atoms with van der Waals surface area (Å²) in [6.45, 7) is 7.02. The molecule has 0 aromatic heterocycles. The molecule has 0 N–H and O–H groups in total. The Morgan fingerprint density at radius 2 is 1.68 bits per heavy atom. The van der Waals surface area contributed by atoms with Gasteiger partial charge in [-0.1, -0.05) is 43.2 Å². The van der Waals surface area contributed by atoms with E-state index in [1.165, 1.54) is 12.0 Å². The summed E-state index contributed by atoms with van der Waals surface area (Å²) in [5.41, 5.74) is -1.09. The summed E-state index contributed by atoms with van der Waals surface area (Å²) in [6, 6.07) is 9.59. The van der Waals surface area contributed by atoms with Gasteiger partial charge in [-0.05, 0) is 51.5 Å². The minimum absolute atomic E-state index is 0.0287. The Kier molecular flexibility index (Phi) is 9.56. The molecular weight excluding hydrogens is 476 g/mol. The molecule has 1 aromatic carbocycles. The molecule has 9 nitrogen and oxygen atoms in total. The number of Topliss-reactive ketones (excluding diaryl/α,β-unsaturated/α-hetero) is 1. The van der Waals surface area contributed by atoms with Crippen molar-refractivity contribution in [3.63, 3.8) is 0 Å². The smallest absolute Gasteiger partial charge is 0.410 e. The highest BCUT2D eigenvalue weighted by Gasteiger charge is 2.51. The minimum atomic E-state index is -1.37. The van der Waals surface area contributed by atoms with Gasteiger partial charge in [-0.3, -0.25) is 9.59 Å². The summed E-state index contributed by atoms with van der Waals surface area (Å²) in [4.78, 5) is 54.1. The summed E-state index contributed by atoms with van der Waals surface area (Å²) < 4.78 is 15.9. The van der Waals surface area contributed by atoms with Crippen LogP contribution in [0.4, 0.5) is 9.59 Å². The van der Waals surface area contributed by atoms with Crippen LogP contribution in [0, 0.1) is 11.3 Å². The number of methoxy groups -OCH3 is 1. The minimum Gasteiger partial charge on any atom is -0.468 e. The molecule has 1 aromatic rings. The highest BCUT2D eigenvalue weighted by Crippen LogP contribution is 2.36. The Morgan fingerprint density at radius 1 is 1.00 bits per heavy atom. The molecule has 0 radical (unpaired) electrons. The molecule has 0 saturated carbocycles. The Bertz CT molecular complexity index is 941. The zero-order valence-electron chi connectivity index (χ0n) is 22.5. The van der Waals surface area contributed by atoms with Crippen LogP contribution in [0.3, 0.4) is 0 Å². The van der Waals surface area contributed by atoms with Gasteiger partial charge < -0.3 is 24.0 Å². The number of hydrogen-bond acceptors (Lipinski definition) is 7. The lowest BCUT2D eigenvalue weighted by Gasteiger charge is -2.40. The molecule has 1 atom stereocenters. The number of ketones is 1. The predicted octanol–water partition coefficient (Wildman–Crippen LogP) is 4.57. The number of esters is 1. The molecule has 2 heterocycles. The highest BCUT2D eigenvalue weighted by molar-refractivity contribution is 6.05. The van der Waals surface area contributed by atoms with Crippen molar-refractivity contribution in [2.75, 3.05) is 33.3 Å². The zero-order chi connectivity index (χ0) is 27.1. The molecule has 2 fully saturated rings. The van der Waals surface area contributed by atoms with Gasteiger partial charge in [0, 0.05) is 32.6 Å². The Balaban J connectivity index is 1.50. The average molecular weight is 517 g/mol. The van der Waals surface area contributed by atoms with Gasteiger partial charge in [-0.15, -0.1) is 0 Å². The molecule has 2 saturated heterocycles. The maximum atomic E-state index is 13.0. The van der Waals surface area contributed by atoms with Crippen LogP contribution in [0.15, 0.2) is 30.3 Å². The van der Waals surface area contributed by atoms with E-state index in [0.717, 1.165) is 24.8 Å². The van der Waals surface area contributed by atoms with Crippen molar-refractivity contribution >= 4 is 23.9 Å². The molecule has 2 aliphatic rings. The molecule has 9 heteroatoms. The lowest BCUT2D eigenvalue weighted by atomic mass is 9.74. The Hall–Kier alpha value is -3.10. The van der Waals surface area contributed by atoms with Gasteiger partial charge in [0.25, 0.3) is 0 Å². The van der Waals surface area contributed by atoms with Crippen LogP contribution in [0.2, 0.25) is 0 Å². The fourth-order valence-electron chi connectivity index (χ4n) is 5.05. The summed E-state index contributed by atoms with van der Waals surface area (Å²) in [6.07, 6.45) is 2.72. The van der Waals surface area contributed by atoms with Crippen molar-refractivity contribution in [3.8, 4) is 0 Å². The SMILES string of the molecule is COC(=O)C1(CCCC2CCN(C(=O)OCc3ccccc3)CC2)CN(C(=O)OC(C)(C)C)CCC1=O. The number of ether oxygens (including phenoxy) is 3. The largest absolute Gasteiger partial charge is 0.468 e. The van der Waals surface area contributed by atoms with Gasteiger partial charge in [0.1, 0.15) is 17.6 Å². The van der Waals surface area contributed by atoms with Gasteiger partial charge in [0.05, 0.1) is 7.11 Å². The third kappa shape index (κ3) is 7.69. The van der Waals surface area contributed by atoms with Crippen LogP contribution in [-0.2, 0) is 30.4 Å². The Morgan fingerprint density at radius 3 is 2.30 bits per heavy atom. The van der Waals surface area contributed by atoms with Gasteiger partial charge in [-0.25, -0.2) is 9.59 Å². The highest BCUT2D eigenvalue weighted by atomic mass is 16.6. The van der Waals surface area contributed by atoms with E-state index in [1.807, 2.05) is 30.3 Å².